The first-order valence-electron chi connectivity index (χ1n) is 12.4. The fourth-order valence-electron chi connectivity index (χ4n) is 4.87. The molecular formula is C29H31N3O4. The lowest BCUT2D eigenvalue weighted by Gasteiger charge is -2.36. The Bertz CT molecular complexity index is 1250. The van der Waals surface area contributed by atoms with Crippen molar-refractivity contribution in [2.24, 2.45) is 5.92 Å². The topological polar surface area (TPSA) is 79.9 Å². The minimum atomic E-state index is -0.427. The number of amides is 2. The summed E-state index contributed by atoms with van der Waals surface area (Å²) >= 11 is 0. The van der Waals surface area contributed by atoms with Crippen molar-refractivity contribution in [3.8, 4) is 11.5 Å². The number of fused-ring (bicyclic) bond motifs is 1. The summed E-state index contributed by atoms with van der Waals surface area (Å²) in [6, 6.07) is 20.9. The summed E-state index contributed by atoms with van der Waals surface area (Å²) in [7, 11) is 0. The number of nitrogens with zero attached hydrogens (tertiary/aromatic N) is 1. The molecule has 2 amide bonds. The van der Waals surface area contributed by atoms with Gasteiger partial charge in [0, 0.05) is 23.4 Å². The van der Waals surface area contributed by atoms with E-state index in [2.05, 4.69) is 15.5 Å². The fraction of sp³-hybridized carbons (Fsp3) is 0.310. The molecule has 0 spiro atoms. The van der Waals surface area contributed by atoms with Crippen LogP contribution in [0.4, 0.5) is 11.4 Å². The van der Waals surface area contributed by atoms with Crippen LogP contribution in [0.3, 0.4) is 0 Å². The van der Waals surface area contributed by atoms with Crippen molar-refractivity contribution in [1.29, 1.82) is 0 Å². The summed E-state index contributed by atoms with van der Waals surface area (Å²) in [5.41, 5.74) is 4.60. The van der Waals surface area contributed by atoms with E-state index >= 15 is 0 Å². The number of rotatable bonds is 6. The molecule has 1 atom stereocenters. The third-order valence-electron chi connectivity index (χ3n) is 6.92. The van der Waals surface area contributed by atoms with Crippen LogP contribution in [-0.2, 0) is 9.59 Å². The molecule has 36 heavy (non-hydrogen) atoms. The number of benzene rings is 3. The molecule has 5 rings (SSSR count). The first kappa shape index (κ1) is 23.9. The lowest BCUT2D eigenvalue weighted by molar-refractivity contribution is -0.124. The lowest BCUT2D eigenvalue weighted by atomic mass is 9.93. The predicted molar refractivity (Wildman–Crippen MR) is 139 cm³/mol. The van der Waals surface area contributed by atoms with Gasteiger partial charge in [-0.3, -0.25) is 14.5 Å². The average Bonchev–Trinajstić information content (AvgIpc) is 3.35. The van der Waals surface area contributed by atoms with Crippen LogP contribution in [0.15, 0.2) is 66.7 Å². The van der Waals surface area contributed by atoms with E-state index < -0.39 is 6.04 Å². The van der Waals surface area contributed by atoms with Gasteiger partial charge in [0.1, 0.15) is 6.04 Å². The number of ether oxygens (including phenoxy) is 2. The summed E-state index contributed by atoms with van der Waals surface area (Å²) in [4.78, 5) is 28.7. The zero-order valence-corrected chi connectivity index (χ0v) is 20.6. The Morgan fingerprint density at radius 1 is 0.889 bits per heavy atom. The Labute approximate surface area is 211 Å². The molecule has 0 saturated carbocycles. The molecule has 3 aromatic rings. The Morgan fingerprint density at radius 3 is 2.42 bits per heavy atom. The summed E-state index contributed by atoms with van der Waals surface area (Å²) in [5, 5.41) is 6.16. The molecule has 0 aliphatic carbocycles. The van der Waals surface area contributed by atoms with Gasteiger partial charge in [-0.1, -0.05) is 42.5 Å². The zero-order valence-electron chi connectivity index (χ0n) is 20.6. The van der Waals surface area contributed by atoms with Crippen molar-refractivity contribution >= 4 is 23.2 Å². The summed E-state index contributed by atoms with van der Waals surface area (Å²) in [6.07, 6.45) is 1.35. The first-order chi connectivity index (χ1) is 17.5. The van der Waals surface area contributed by atoms with Crippen molar-refractivity contribution in [1.82, 2.24) is 4.90 Å². The van der Waals surface area contributed by atoms with Crippen LogP contribution in [-0.4, -0.2) is 36.6 Å². The van der Waals surface area contributed by atoms with Crippen molar-refractivity contribution in [3.05, 3.63) is 83.4 Å². The normalized spacial score (nSPS) is 16.4. The number of aryl methyl sites for hydroxylation is 2. The number of piperidine rings is 1. The van der Waals surface area contributed by atoms with Gasteiger partial charge in [0.15, 0.2) is 11.5 Å². The molecule has 2 heterocycles. The number of hydrogen-bond donors (Lipinski definition) is 2. The highest BCUT2D eigenvalue weighted by molar-refractivity contribution is 5.96. The lowest BCUT2D eigenvalue weighted by Crippen LogP contribution is -2.44. The van der Waals surface area contributed by atoms with Crippen LogP contribution >= 0.6 is 0 Å². The molecule has 3 aromatic carbocycles. The van der Waals surface area contributed by atoms with E-state index in [0.717, 1.165) is 22.4 Å². The van der Waals surface area contributed by atoms with Gasteiger partial charge < -0.3 is 20.1 Å². The summed E-state index contributed by atoms with van der Waals surface area (Å²) in [6.45, 7) is 5.52. The number of hydrogen-bond acceptors (Lipinski definition) is 5. The average molecular weight is 486 g/mol. The maximum absolute atomic E-state index is 13.6. The van der Waals surface area contributed by atoms with Gasteiger partial charge in [-0.15, -0.1) is 0 Å². The number of carbonyl (C=O) groups is 2. The molecule has 0 radical (unpaired) electrons. The number of nitrogens with one attached hydrogen (secondary N) is 2. The first-order valence-corrected chi connectivity index (χ1v) is 12.4. The molecule has 0 bridgehead atoms. The Hall–Kier alpha value is -3.84. The summed E-state index contributed by atoms with van der Waals surface area (Å²) in [5.74, 6) is 1.14. The van der Waals surface area contributed by atoms with Crippen molar-refractivity contribution < 1.29 is 19.1 Å². The van der Waals surface area contributed by atoms with E-state index in [-0.39, 0.29) is 24.5 Å². The molecule has 7 heteroatoms. The van der Waals surface area contributed by atoms with Crippen LogP contribution in [0.2, 0.25) is 0 Å². The number of likely N-dealkylation sites (tertiary alicyclic amines) is 1. The van der Waals surface area contributed by atoms with Gasteiger partial charge >= 0.3 is 0 Å². The van der Waals surface area contributed by atoms with E-state index in [1.165, 1.54) is 0 Å². The van der Waals surface area contributed by atoms with Crippen LogP contribution in [0.1, 0.15) is 35.6 Å². The Balaban J connectivity index is 1.26. The van der Waals surface area contributed by atoms with E-state index in [0.29, 0.717) is 43.1 Å². The van der Waals surface area contributed by atoms with Gasteiger partial charge in [0.25, 0.3) is 0 Å². The summed E-state index contributed by atoms with van der Waals surface area (Å²) < 4.78 is 10.8. The highest BCUT2D eigenvalue weighted by Gasteiger charge is 2.33. The minimum absolute atomic E-state index is 0.00962. The SMILES string of the molecule is Cc1ccc(C)c(NC(=O)[C@H](c2ccccc2)N2CCC(C(=O)Nc3ccc4c(c3)OCO4)CC2)c1. The molecule has 7 nitrogen and oxygen atoms in total. The zero-order chi connectivity index (χ0) is 25.1. The molecule has 186 valence electrons. The third-order valence-corrected chi connectivity index (χ3v) is 6.92. The van der Waals surface area contributed by atoms with Gasteiger partial charge in [0.05, 0.1) is 0 Å². The third kappa shape index (κ3) is 5.21. The molecule has 0 aromatic heterocycles. The van der Waals surface area contributed by atoms with E-state index in [1.807, 2.05) is 68.4 Å². The largest absolute Gasteiger partial charge is 0.454 e. The maximum atomic E-state index is 13.6. The van der Waals surface area contributed by atoms with Crippen LogP contribution in [0, 0.1) is 19.8 Å². The molecule has 2 aliphatic rings. The van der Waals surface area contributed by atoms with Crippen molar-refractivity contribution in [2.75, 3.05) is 30.5 Å². The molecule has 1 saturated heterocycles. The molecule has 0 unspecified atom stereocenters. The Morgan fingerprint density at radius 2 is 1.64 bits per heavy atom. The van der Waals surface area contributed by atoms with Crippen molar-refractivity contribution in [3.63, 3.8) is 0 Å². The highest BCUT2D eigenvalue weighted by Crippen LogP contribution is 2.35. The van der Waals surface area contributed by atoms with Crippen molar-refractivity contribution in [2.45, 2.75) is 32.7 Å². The van der Waals surface area contributed by atoms with Crippen LogP contribution in [0.5, 0.6) is 11.5 Å². The molecule has 2 N–H and O–H groups in total. The van der Waals surface area contributed by atoms with E-state index in [9.17, 15) is 9.59 Å². The predicted octanol–water partition coefficient (Wildman–Crippen LogP) is 5.06. The van der Waals surface area contributed by atoms with E-state index in [1.54, 1.807) is 12.1 Å². The van der Waals surface area contributed by atoms with Gasteiger partial charge in [-0.2, -0.15) is 0 Å². The number of carbonyl (C=O) groups excluding carboxylic acids is 2. The standard InChI is InChI=1S/C29H31N3O4/c1-19-8-9-20(2)24(16-19)31-29(34)27(21-6-4-3-5-7-21)32-14-12-22(13-15-32)28(33)30-23-10-11-25-26(17-23)36-18-35-25/h3-11,16-17,22,27H,12-15,18H2,1-2H3,(H,30,33)(H,31,34)/t27-/m0/s1. The van der Waals surface area contributed by atoms with Gasteiger partial charge in [-0.05, 0) is 74.7 Å². The van der Waals surface area contributed by atoms with E-state index in [4.69, 9.17) is 9.47 Å². The monoisotopic (exact) mass is 485 g/mol. The quantitative estimate of drug-likeness (QED) is 0.510. The van der Waals surface area contributed by atoms with Gasteiger partial charge in [0.2, 0.25) is 18.6 Å². The molecule has 1 fully saturated rings. The maximum Gasteiger partial charge on any atom is 0.246 e. The Kier molecular flexibility index (Phi) is 6.91. The van der Waals surface area contributed by atoms with Crippen LogP contribution < -0.4 is 20.1 Å². The molecule has 2 aliphatic heterocycles. The highest BCUT2D eigenvalue weighted by atomic mass is 16.7. The second kappa shape index (κ2) is 10.4. The number of anilines is 2. The second-order valence-corrected chi connectivity index (χ2v) is 9.49. The molecular weight excluding hydrogens is 454 g/mol. The smallest absolute Gasteiger partial charge is 0.246 e. The van der Waals surface area contributed by atoms with Crippen LogP contribution in [0.25, 0.3) is 0 Å². The minimum Gasteiger partial charge on any atom is -0.454 e. The fourth-order valence-corrected chi connectivity index (χ4v) is 4.87. The second-order valence-electron chi connectivity index (χ2n) is 9.49. The van der Waals surface area contributed by atoms with Gasteiger partial charge in [-0.25, -0.2) is 0 Å².